The van der Waals surface area contributed by atoms with Crippen molar-refractivity contribution >= 4 is 23.5 Å². The Kier molecular flexibility index (Phi) is 6.81. The maximum Gasteiger partial charge on any atom is 0.325 e. The van der Waals surface area contributed by atoms with Gasteiger partial charge in [-0.1, -0.05) is 12.1 Å². The standard InChI is InChI=1S/C18H16F2N2O5/c1-26-15-5-3-2-4-12(15)18(25)21-9-17(24)27-10-16(23)22-11-6-7-13(19)14(20)8-11/h2-8H,9-10H2,1H3,(H,21,25)(H,22,23). The van der Waals surface area contributed by atoms with E-state index in [1.54, 1.807) is 18.2 Å². The van der Waals surface area contributed by atoms with Gasteiger partial charge in [0.05, 0.1) is 12.7 Å². The first-order valence-corrected chi connectivity index (χ1v) is 7.72. The highest BCUT2D eigenvalue weighted by Gasteiger charge is 2.14. The van der Waals surface area contributed by atoms with Gasteiger partial charge in [0, 0.05) is 11.8 Å². The second kappa shape index (κ2) is 9.27. The molecule has 0 radical (unpaired) electrons. The molecule has 2 rings (SSSR count). The van der Waals surface area contributed by atoms with Gasteiger partial charge in [-0.05, 0) is 24.3 Å². The number of carbonyl (C=O) groups is 3. The lowest BCUT2D eigenvalue weighted by Crippen LogP contribution is -2.32. The second-order valence-corrected chi connectivity index (χ2v) is 5.22. The van der Waals surface area contributed by atoms with Crippen LogP contribution in [0.3, 0.4) is 0 Å². The molecule has 7 nitrogen and oxygen atoms in total. The third-order valence-electron chi connectivity index (χ3n) is 3.31. The topological polar surface area (TPSA) is 93.7 Å². The first-order chi connectivity index (χ1) is 12.9. The molecule has 2 N–H and O–H groups in total. The molecule has 9 heteroatoms. The predicted octanol–water partition coefficient (Wildman–Crippen LogP) is 1.89. The number of nitrogens with one attached hydrogen (secondary N) is 2. The Labute approximate surface area is 153 Å². The summed E-state index contributed by atoms with van der Waals surface area (Å²) in [5.41, 5.74) is 0.253. The van der Waals surface area contributed by atoms with Gasteiger partial charge < -0.3 is 20.1 Å². The number of halogens is 2. The minimum absolute atomic E-state index is 0.0134. The van der Waals surface area contributed by atoms with Gasteiger partial charge in [0.2, 0.25) is 0 Å². The zero-order valence-electron chi connectivity index (χ0n) is 14.3. The molecule has 0 spiro atoms. The van der Waals surface area contributed by atoms with Gasteiger partial charge in [0.1, 0.15) is 12.3 Å². The first-order valence-electron chi connectivity index (χ1n) is 7.72. The van der Waals surface area contributed by atoms with E-state index in [-0.39, 0.29) is 11.3 Å². The molecule has 0 aliphatic heterocycles. The Morgan fingerprint density at radius 2 is 1.78 bits per heavy atom. The molecular weight excluding hydrogens is 362 g/mol. The van der Waals surface area contributed by atoms with E-state index in [0.29, 0.717) is 5.75 Å². The number of ether oxygens (including phenoxy) is 2. The number of hydrogen-bond donors (Lipinski definition) is 2. The summed E-state index contributed by atoms with van der Waals surface area (Å²) < 4.78 is 35.6. The van der Waals surface area contributed by atoms with Gasteiger partial charge in [-0.15, -0.1) is 0 Å². The number of amides is 2. The fraction of sp³-hybridized carbons (Fsp3) is 0.167. The van der Waals surface area contributed by atoms with E-state index in [1.165, 1.54) is 13.2 Å². The molecule has 27 heavy (non-hydrogen) atoms. The largest absolute Gasteiger partial charge is 0.496 e. The zero-order valence-corrected chi connectivity index (χ0v) is 14.3. The maximum absolute atomic E-state index is 13.1. The summed E-state index contributed by atoms with van der Waals surface area (Å²) in [7, 11) is 1.41. The van der Waals surface area contributed by atoms with Crippen molar-refractivity contribution in [1.29, 1.82) is 0 Å². The fourth-order valence-corrected chi connectivity index (χ4v) is 2.05. The SMILES string of the molecule is COc1ccccc1C(=O)NCC(=O)OCC(=O)Nc1ccc(F)c(F)c1. The van der Waals surface area contributed by atoms with Crippen LogP contribution in [0.25, 0.3) is 0 Å². The van der Waals surface area contributed by atoms with Crippen LogP contribution in [0.2, 0.25) is 0 Å². The molecule has 0 heterocycles. The van der Waals surface area contributed by atoms with Crippen LogP contribution in [0, 0.1) is 11.6 Å². The average molecular weight is 378 g/mol. The van der Waals surface area contributed by atoms with E-state index in [0.717, 1.165) is 18.2 Å². The van der Waals surface area contributed by atoms with E-state index in [1.807, 2.05) is 0 Å². The van der Waals surface area contributed by atoms with Gasteiger partial charge in [-0.3, -0.25) is 14.4 Å². The molecule has 2 aromatic rings. The number of hydrogen-bond acceptors (Lipinski definition) is 5. The van der Waals surface area contributed by atoms with Crippen LogP contribution in [-0.4, -0.2) is 38.0 Å². The highest BCUT2D eigenvalue weighted by Crippen LogP contribution is 2.16. The molecule has 0 aliphatic rings. The normalized spacial score (nSPS) is 10.0. The summed E-state index contributed by atoms with van der Waals surface area (Å²) in [6, 6.07) is 9.25. The maximum atomic E-state index is 13.1. The van der Waals surface area contributed by atoms with Crippen molar-refractivity contribution in [2.45, 2.75) is 0 Å². The second-order valence-electron chi connectivity index (χ2n) is 5.22. The van der Waals surface area contributed by atoms with Crippen LogP contribution in [0.4, 0.5) is 14.5 Å². The Hall–Kier alpha value is -3.49. The van der Waals surface area contributed by atoms with Crippen LogP contribution in [0.1, 0.15) is 10.4 Å². The number of esters is 1. The lowest BCUT2D eigenvalue weighted by Gasteiger charge is -2.09. The van der Waals surface area contributed by atoms with E-state index in [2.05, 4.69) is 10.6 Å². The smallest absolute Gasteiger partial charge is 0.325 e. The van der Waals surface area contributed by atoms with Crippen molar-refractivity contribution in [3.63, 3.8) is 0 Å². The van der Waals surface area contributed by atoms with Crippen molar-refractivity contribution in [2.75, 3.05) is 25.6 Å². The van der Waals surface area contributed by atoms with E-state index < -0.39 is 42.6 Å². The summed E-state index contributed by atoms with van der Waals surface area (Å²) in [5, 5.41) is 4.59. The minimum Gasteiger partial charge on any atom is -0.496 e. The lowest BCUT2D eigenvalue weighted by atomic mass is 10.2. The molecule has 0 saturated carbocycles. The van der Waals surface area contributed by atoms with Gasteiger partial charge in [-0.25, -0.2) is 8.78 Å². The Balaban J connectivity index is 1.77. The molecule has 142 valence electrons. The van der Waals surface area contributed by atoms with E-state index in [9.17, 15) is 23.2 Å². The molecule has 0 aliphatic carbocycles. The molecule has 0 atom stereocenters. The van der Waals surface area contributed by atoms with Crippen molar-refractivity contribution in [3.8, 4) is 5.75 Å². The molecule has 0 saturated heterocycles. The monoisotopic (exact) mass is 378 g/mol. The Bertz CT molecular complexity index is 857. The Morgan fingerprint density at radius 1 is 1.04 bits per heavy atom. The highest BCUT2D eigenvalue weighted by molar-refractivity contribution is 5.98. The number of carbonyl (C=O) groups excluding carboxylic acids is 3. The predicted molar refractivity (Wildman–Crippen MR) is 91.3 cm³/mol. The van der Waals surface area contributed by atoms with Crippen molar-refractivity contribution in [1.82, 2.24) is 5.32 Å². The quantitative estimate of drug-likeness (QED) is 0.718. The molecule has 2 amide bonds. The number of anilines is 1. The molecular formula is C18H16F2N2O5. The summed E-state index contributed by atoms with van der Waals surface area (Å²) in [5.74, 6) is -3.97. The molecule has 0 fully saturated rings. The summed E-state index contributed by atoms with van der Waals surface area (Å²) >= 11 is 0. The highest BCUT2D eigenvalue weighted by atomic mass is 19.2. The first kappa shape index (κ1) is 19.8. The van der Waals surface area contributed by atoms with Gasteiger partial charge in [-0.2, -0.15) is 0 Å². The minimum atomic E-state index is -1.12. The van der Waals surface area contributed by atoms with E-state index >= 15 is 0 Å². The van der Waals surface area contributed by atoms with Crippen LogP contribution in [0.15, 0.2) is 42.5 Å². The van der Waals surface area contributed by atoms with Gasteiger partial charge >= 0.3 is 5.97 Å². The van der Waals surface area contributed by atoms with Crippen molar-refractivity contribution in [2.24, 2.45) is 0 Å². The summed E-state index contributed by atoms with van der Waals surface area (Å²) in [4.78, 5) is 35.3. The van der Waals surface area contributed by atoms with Crippen molar-refractivity contribution < 1.29 is 32.6 Å². The van der Waals surface area contributed by atoms with Crippen LogP contribution in [0.5, 0.6) is 5.75 Å². The van der Waals surface area contributed by atoms with E-state index in [4.69, 9.17) is 9.47 Å². The molecule has 2 aromatic carbocycles. The molecule has 0 unspecified atom stereocenters. The molecule has 0 bridgehead atoms. The molecule has 0 aromatic heterocycles. The van der Waals surface area contributed by atoms with Gasteiger partial charge in [0.15, 0.2) is 18.2 Å². The van der Waals surface area contributed by atoms with Gasteiger partial charge in [0.25, 0.3) is 11.8 Å². The average Bonchev–Trinajstić information content (AvgIpc) is 2.67. The third-order valence-corrected chi connectivity index (χ3v) is 3.31. The number of rotatable bonds is 7. The number of methoxy groups -OCH3 is 1. The number of benzene rings is 2. The Morgan fingerprint density at radius 3 is 2.48 bits per heavy atom. The van der Waals surface area contributed by atoms with Crippen LogP contribution in [-0.2, 0) is 14.3 Å². The third kappa shape index (κ3) is 5.77. The lowest BCUT2D eigenvalue weighted by molar-refractivity contribution is -0.146. The summed E-state index contributed by atoms with van der Waals surface area (Å²) in [6.07, 6.45) is 0. The zero-order chi connectivity index (χ0) is 19.8. The van der Waals surface area contributed by atoms with Crippen LogP contribution < -0.4 is 15.4 Å². The fourth-order valence-electron chi connectivity index (χ4n) is 2.05. The summed E-state index contributed by atoms with van der Waals surface area (Å²) in [6.45, 7) is -1.11. The van der Waals surface area contributed by atoms with Crippen molar-refractivity contribution in [3.05, 3.63) is 59.7 Å². The van der Waals surface area contributed by atoms with Crippen LogP contribution >= 0.6 is 0 Å². The number of para-hydroxylation sites is 1.